The van der Waals surface area contributed by atoms with Crippen LogP contribution in [0.5, 0.6) is 11.5 Å². The fourth-order valence-electron chi connectivity index (χ4n) is 2.71. The summed E-state index contributed by atoms with van der Waals surface area (Å²) in [6, 6.07) is 24.2. The second-order valence-electron chi connectivity index (χ2n) is 6.39. The van der Waals surface area contributed by atoms with Gasteiger partial charge in [0.25, 0.3) is 5.91 Å². The maximum atomic E-state index is 12.6. The van der Waals surface area contributed by atoms with Gasteiger partial charge in [-0.25, -0.2) is 5.10 Å². The molecule has 150 valence electrons. The number of aromatic amines is 1. The number of hydrogen-bond donors (Lipinski definition) is 3. The van der Waals surface area contributed by atoms with Crippen LogP contribution in [0.15, 0.2) is 84.0 Å². The molecule has 0 spiro atoms. The van der Waals surface area contributed by atoms with Gasteiger partial charge in [-0.1, -0.05) is 42.1 Å². The van der Waals surface area contributed by atoms with E-state index in [0.717, 1.165) is 11.3 Å². The first kappa shape index (κ1) is 19.5. The molecule has 0 bridgehead atoms. The Bertz CT molecular complexity index is 1130. The molecule has 4 N–H and O–H groups in total. The number of nitrogens with two attached hydrogens (primary N) is 1. The number of H-pyrrole nitrogens is 1. The molecule has 0 aliphatic heterocycles. The Hall–Kier alpha value is -3.78. The fourth-order valence-corrected chi connectivity index (χ4v) is 3.46. The third-order valence-corrected chi connectivity index (χ3v) is 5.05. The molecule has 0 aliphatic carbocycles. The summed E-state index contributed by atoms with van der Waals surface area (Å²) >= 11 is 1.44. The molecule has 30 heavy (non-hydrogen) atoms. The van der Waals surface area contributed by atoms with Gasteiger partial charge in [-0.05, 0) is 54.1 Å². The van der Waals surface area contributed by atoms with Crippen LogP contribution in [0.1, 0.15) is 15.9 Å². The number of nitrogens with one attached hydrogen (secondary N) is 2. The lowest BCUT2D eigenvalue weighted by molar-refractivity contribution is 0.102. The van der Waals surface area contributed by atoms with Gasteiger partial charge in [0.05, 0.1) is 0 Å². The summed E-state index contributed by atoms with van der Waals surface area (Å²) < 4.78 is 5.77. The minimum absolute atomic E-state index is 0.180. The Balaban J connectivity index is 1.36. The highest BCUT2D eigenvalue weighted by atomic mass is 32.2. The standard InChI is InChI=1S/C22H19N5O2S/c23-21-25-22(27-26-21)30-14-15-5-4-6-16(13-15)20(28)24-17-9-11-19(12-10-17)29-18-7-2-1-3-8-18/h1-13H,14H2,(H,24,28)(H3,23,25,26,27). The zero-order valence-corrected chi connectivity index (χ0v) is 16.7. The zero-order chi connectivity index (χ0) is 20.8. The predicted octanol–water partition coefficient (Wildman–Crippen LogP) is 4.72. The second-order valence-corrected chi connectivity index (χ2v) is 7.33. The number of rotatable bonds is 7. The Morgan fingerprint density at radius 3 is 2.50 bits per heavy atom. The van der Waals surface area contributed by atoms with Crippen LogP contribution < -0.4 is 15.8 Å². The smallest absolute Gasteiger partial charge is 0.255 e. The summed E-state index contributed by atoms with van der Waals surface area (Å²) in [7, 11) is 0. The number of amides is 1. The van der Waals surface area contributed by atoms with E-state index in [4.69, 9.17) is 10.5 Å². The largest absolute Gasteiger partial charge is 0.457 e. The molecule has 4 rings (SSSR count). The molecule has 0 saturated carbocycles. The zero-order valence-electron chi connectivity index (χ0n) is 15.9. The first-order valence-electron chi connectivity index (χ1n) is 9.20. The molecule has 8 heteroatoms. The Morgan fingerprint density at radius 2 is 1.77 bits per heavy atom. The summed E-state index contributed by atoms with van der Waals surface area (Å²) in [4.78, 5) is 16.7. The Labute approximate surface area is 177 Å². The number of nitrogens with zero attached hydrogens (tertiary/aromatic N) is 2. The van der Waals surface area contributed by atoms with Crippen LogP contribution in [-0.2, 0) is 5.75 Å². The highest BCUT2D eigenvalue weighted by Gasteiger charge is 2.09. The molecule has 1 amide bonds. The maximum Gasteiger partial charge on any atom is 0.255 e. The number of hydrogen-bond acceptors (Lipinski definition) is 6. The third kappa shape index (κ3) is 5.18. The summed E-state index contributed by atoms with van der Waals surface area (Å²) in [6.45, 7) is 0. The van der Waals surface area contributed by atoms with Crippen molar-refractivity contribution >= 4 is 29.3 Å². The minimum Gasteiger partial charge on any atom is -0.457 e. The van der Waals surface area contributed by atoms with Crippen molar-refractivity contribution in [3.63, 3.8) is 0 Å². The average Bonchev–Trinajstić information content (AvgIpc) is 3.20. The number of benzene rings is 3. The van der Waals surface area contributed by atoms with Crippen molar-refractivity contribution in [3.05, 3.63) is 90.0 Å². The van der Waals surface area contributed by atoms with E-state index in [1.165, 1.54) is 11.8 Å². The first-order chi connectivity index (χ1) is 14.7. The molecule has 1 heterocycles. The summed E-state index contributed by atoms with van der Waals surface area (Å²) in [5.41, 5.74) is 7.78. The van der Waals surface area contributed by atoms with Crippen LogP contribution in [-0.4, -0.2) is 21.1 Å². The SMILES string of the molecule is Nc1nc(SCc2cccc(C(=O)Nc3ccc(Oc4ccccc4)cc3)c2)n[nH]1. The van der Waals surface area contributed by atoms with E-state index in [9.17, 15) is 4.79 Å². The van der Waals surface area contributed by atoms with Crippen molar-refractivity contribution in [2.45, 2.75) is 10.9 Å². The van der Waals surface area contributed by atoms with Crippen molar-refractivity contribution in [1.29, 1.82) is 0 Å². The third-order valence-electron chi connectivity index (χ3n) is 4.13. The van der Waals surface area contributed by atoms with E-state index < -0.39 is 0 Å². The first-order valence-corrected chi connectivity index (χ1v) is 10.2. The molecule has 0 radical (unpaired) electrons. The molecule has 0 aliphatic rings. The lowest BCUT2D eigenvalue weighted by Gasteiger charge is -2.09. The summed E-state index contributed by atoms with van der Waals surface area (Å²) in [5.74, 6) is 2.19. The lowest BCUT2D eigenvalue weighted by Crippen LogP contribution is -2.12. The van der Waals surface area contributed by atoms with E-state index in [1.807, 2.05) is 72.8 Å². The number of carbonyl (C=O) groups is 1. The molecule has 7 nitrogen and oxygen atoms in total. The van der Waals surface area contributed by atoms with E-state index in [2.05, 4.69) is 20.5 Å². The average molecular weight is 417 g/mol. The summed E-state index contributed by atoms with van der Waals surface area (Å²) in [5, 5.41) is 10.1. The van der Waals surface area contributed by atoms with Crippen molar-refractivity contribution in [1.82, 2.24) is 15.2 Å². The van der Waals surface area contributed by atoms with Gasteiger partial charge in [0.15, 0.2) is 0 Å². The molecule has 0 unspecified atom stereocenters. The van der Waals surface area contributed by atoms with E-state index >= 15 is 0 Å². The van der Waals surface area contributed by atoms with Crippen LogP contribution in [0, 0.1) is 0 Å². The molecule has 3 aromatic carbocycles. The van der Waals surface area contributed by atoms with Crippen LogP contribution in [0.25, 0.3) is 0 Å². The van der Waals surface area contributed by atoms with Gasteiger partial charge in [-0.15, -0.1) is 5.10 Å². The van der Waals surface area contributed by atoms with Gasteiger partial charge in [0.2, 0.25) is 11.1 Å². The van der Waals surface area contributed by atoms with Crippen LogP contribution in [0.3, 0.4) is 0 Å². The Kier molecular flexibility index (Phi) is 5.95. The van der Waals surface area contributed by atoms with Crippen LogP contribution >= 0.6 is 11.8 Å². The number of aromatic nitrogens is 3. The van der Waals surface area contributed by atoms with Crippen molar-refractivity contribution in [3.8, 4) is 11.5 Å². The quantitative estimate of drug-likeness (QED) is 0.376. The number of anilines is 2. The number of carbonyl (C=O) groups excluding carboxylic acids is 1. The van der Waals surface area contributed by atoms with Crippen molar-refractivity contribution in [2.75, 3.05) is 11.1 Å². The van der Waals surface area contributed by atoms with Gasteiger partial charge in [0.1, 0.15) is 11.5 Å². The monoisotopic (exact) mass is 417 g/mol. The number of para-hydroxylation sites is 1. The van der Waals surface area contributed by atoms with Gasteiger partial charge in [-0.3, -0.25) is 4.79 Å². The fraction of sp³-hybridized carbons (Fsp3) is 0.0455. The molecular formula is C22H19N5O2S. The van der Waals surface area contributed by atoms with E-state index in [-0.39, 0.29) is 11.9 Å². The van der Waals surface area contributed by atoms with Gasteiger partial charge in [0, 0.05) is 17.0 Å². The van der Waals surface area contributed by atoms with Crippen molar-refractivity contribution in [2.24, 2.45) is 0 Å². The van der Waals surface area contributed by atoms with E-state index in [0.29, 0.717) is 27.9 Å². The van der Waals surface area contributed by atoms with Crippen LogP contribution in [0.2, 0.25) is 0 Å². The number of nitrogen functional groups attached to an aromatic ring is 1. The highest BCUT2D eigenvalue weighted by Crippen LogP contribution is 2.23. The van der Waals surface area contributed by atoms with E-state index in [1.54, 1.807) is 6.07 Å². The molecule has 4 aromatic rings. The molecule has 0 atom stereocenters. The topological polar surface area (TPSA) is 106 Å². The van der Waals surface area contributed by atoms with Gasteiger partial charge < -0.3 is 15.8 Å². The predicted molar refractivity (Wildman–Crippen MR) is 118 cm³/mol. The molecular weight excluding hydrogens is 398 g/mol. The maximum absolute atomic E-state index is 12.6. The van der Waals surface area contributed by atoms with Crippen molar-refractivity contribution < 1.29 is 9.53 Å². The highest BCUT2D eigenvalue weighted by molar-refractivity contribution is 7.98. The molecule has 0 fully saturated rings. The molecule has 1 aromatic heterocycles. The molecule has 0 saturated heterocycles. The van der Waals surface area contributed by atoms with Gasteiger partial charge in [-0.2, -0.15) is 4.98 Å². The second kappa shape index (κ2) is 9.15. The Morgan fingerprint density at radius 1 is 1.00 bits per heavy atom. The normalized spacial score (nSPS) is 10.5. The lowest BCUT2D eigenvalue weighted by atomic mass is 10.1. The number of ether oxygens (including phenoxy) is 1. The summed E-state index contributed by atoms with van der Waals surface area (Å²) in [6.07, 6.45) is 0. The number of thioether (sulfide) groups is 1. The minimum atomic E-state index is -0.180. The van der Waals surface area contributed by atoms with Gasteiger partial charge >= 0.3 is 0 Å². The van der Waals surface area contributed by atoms with Crippen LogP contribution in [0.4, 0.5) is 11.6 Å².